The van der Waals surface area contributed by atoms with Crippen LogP contribution in [-0.2, 0) is 10.9 Å². The number of alkyl halides is 3. The van der Waals surface area contributed by atoms with Gasteiger partial charge in [0.15, 0.2) is 5.69 Å². The van der Waals surface area contributed by atoms with Crippen LogP contribution in [0.3, 0.4) is 0 Å². The van der Waals surface area contributed by atoms with E-state index in [9.17, 15) is 22.8 Å². The van der Waals surface area contributed by atoms with Gasteiger partial charge in [0.25, 0.3) is 5.91 Å². The van der Waals surface area contributed by atoms with E-state index in [0.717, 1.165) is 0 Å². The minimum atomic E-state index is -4.92. The molecule has 1 amide bonds. The van der Waals surface area contributed by atoms with Gasteiger partial charge < -0.3 is 14.1 Å². The van der Waals surface area contributed by atoms with Crippen LogP contribution in [0.1, 0.15) is 65.1 Å². The van der Waals surface area contributed by atoms with Gasteiger partial charge in [-0.05, 0) is 38.8 Å². The van der Waals surface area contributed by atoms with Gasteiger partial charge in [-0.2, -0.15) is 28.2 Å². The van der Waals surface area contributed by atoms with Crippen molar-refractivity contribution in [2.45, 2.75) is 44.8 Å². The van der Waals surface area contributed by atoms with Gasteiger partial charge in [0.05, 0.1) is 36.2 Å². The quantitative estimate of drug-likeness (QED) is 0.514. The minimum Gasteiger partial charge on any atom is -0.461 e. The Balaban J connectivity index is 1.64. The van der Waals surface area contributed by atoms with Crippen molar-refractivity contribution in [1.82, 2.24) is 24.9 Å². The van der Waals surface area contributed by atoms with E-state index in [-0.39, 0.29) is 31.0 Å². The first-order valence-corrected chi connectivity index (χ1v) is 10.7. The number of esters is 1. The highest BCUT2D eigenvalue weighted by atomic mass is 19.4. The lowest BCUT2D eigenvalue weighted by atomic mass is 9.92. The van der Waals surface area contributed by atoms with Crippen LogP contribution in [0, 0.1) is 0 Å². The second-order valence-corrected chi connectivity index (χ2v) is 7.86. The summed E-state index contributed by atoms with van der Waals surface area (Å²) in [6.07, 6.45) is -0.990. The van der Waals surface area contributed by atoms with Crippen LogP contribution >= 0.6 is 0 Å². The molecule has 0 unspecified atom stereocenters. The lowest BCUT2D eigenvalue weighted by Gasteiger charge is -2.37. The lowest BCUT2D eigenvalue weighted by molar-refractivity contribution is -0.154. The van der Waals surface area contributed by atoms with Gasteiger partial charge in [-0.15, -0.1) is 0 Å². The minimum absolute atomic E-state index is 0.0704. The lowest BCUT2D eigenvalue weighted by Crippen LogP contribution is -2.45. The molecule has 9 nitrogen and oxygen atoms in total. The standard InChI is InChI=1S/C22H22F3N5O4/c1-3-33-21(32)17-18(22(23,24)25)34-19(28-17)14-9-8-13(2)29(12-14)20(31)15-6-4-5-7-16(15)30-26-10-11-27-30/h4-7,10-11,13-14H,3,8-9,12H2,1-2H3/t13-,14-/m1/s1. The molecule has 12 heteroatoms. The Morgan fingerprint density at radius 3 is 2.56 bits per heavy atom. The molecule has 34 heavy (non-hydrogen) atoms. The smallest absolute Gasteiger partial charge is 0.452 e. The number of hydrogen-bond acceptors (Lipinski definition) is 7. The van der Waals surface area contributed by atoms with Crippen molar-refractivity contribution >= 4 is 11.9 Å². The summed E-state index contributed by atoms with van der Waals surface area (Å²) < 4.78 is 50.2. The number of carbonyl (C=O) groups excluding carboxylic acids is 2. The summed E-state index contributed by atoms with van der Waals surface area (Å²) in [7, 11) is 0. The van der Waals surface area contributed by atoms with E-state index in [2.05, 4.69) is 15.2 Å². The van der Waals surface area contributed by atoms with Crippen molar-refractivity contribution in [2.24, 2.45) is 0 Å². The van der Waals surface area contributed by atoms with E-state index >= 15 is 0 Å². The Kier molecular flexibility index (Phi) is 6.40. The maximum absolute atomic E-state index is 13.5. The van der Waals surface area contributed by atoms with Crippen molar-refractivity contribution in [1.29, 1.82) is 0 Å². The molecule has 180 valence electrons. The normalized spacial score (nSPS) is 18.7. The third-order valence-electron chi connectivity index (χ3n) is 5.63. The van der Waals surface area contributed by atoms with Crippen molar-refractivity contribution < 1.29 is 31.9 Å². The number of oxazole rings is 1. The SMILES string of the molecule is CCOC(=O)c1nc([C@@H]2CC[C@@H](C)N(C(=O)c3ccccc3-n3nccn3)C2)oc1C(F)(F)F. The molecule has 0 saturated carbocycles. The third kappa shape index (κ3) is 4.52. The number of halogens is 3. The zero-order chi connectivity index (χ0) is 24.5. The molecule has 1 aliphatic heterocycles. The number of carbonyl (C=O) groups is 2. The molecule has 0 bridgehead atoms. The summed E-state index contributed by atoms with van der Waals surface area (Å²) in [6.45, 7) is 3.31. The molecule has 1 saturated heterocycles. The van der Waals surface area contributed by atoms with E-state index in [0.29, 0.717) is 24.1 Å². The first kappa shape index (κ1) is 23.5. The number of benzene rings is 1. The van der Waals surface area contributed by atoms with E-state index in [1.54, 1.807) is 29.2 Å². The zero-order valence-corrected chi connectivity index (χ0v) is 18.5. The largest absolute Gasteiger partial charge is 0.461 e. The molecule has 1 aliphatic rings. The van der Waals surface area contributed by atoms with Gasteiger partial charge in [-0.1, -0.05) is 12.1 Å². The van der Waals surface area contributed by atoms with Crippen LogP contribution in [-0.4, -0.2) is 55.9 Å². The molecule has 3 aromatic rings. The van der Waals surface area contributed by atoms with E-state index in [1.165, 1.54) is 24.1 Å². The van der Waals surface area contributed by atoms with Gasteiger partial charge in [0, 0.05) is 12.6 Å². The number of nitrogens with zero attached hydrogens (tertiary/aromatic N) is 5. The molecule has 3 heterocycles. The molecule has 4 rings (SSSR count). The molecule has 0 radical (unpaired) electrons. The fraction of sp³-hybridized carbons (Fsp3) is 0.409. The van der Waals surface area contributed by atoms with Crippen molar-refractivity contribution in [3.8, 4) is 5.69 Å². The number of piperidine rings is 1. The van der Waals surface area contributed by atoms with Gasteiger partial charge in [0.1, 0.15) is 0 Å². The van der Waals surface area contributed by atoms with Gasteiger partial charge in [0.2, 0.25) is 11.7 Å². The molecular weight excluding hydrogens is 455 g/mol. The molecule has 0 N–H and O–H groups in total. The monoisotopic (exact) mass is 477 g/mol. The predicted octanol–water partition coefficient (Wildman–Crippen LogP) is 3.86. The van der Waals surface area contributed by atoms with Crippen LogP contribution < -0.4 is 0 Å². The number of amides is 1. The number of ether oxygens (including phenoxy) is 1. The summed E-state index contributed by atoms with van der Waals surface area (Å²) in [5, 5.41) is 8.17. The highest BCUT2D eigenvalue weighted by molar-refractivity contribution is 5.98. The van der Waals surface area contributed by atoms with E-state index < -0.39 is 29.5 Å². The van der Waals surface area contributed by atoms with Crippen LogP contribution in [0.25, 0.3) is 5.69 Å². The Hall–Kier alpha value is -3.70. The molecule has 2 aromatic heterocycles. The molecule has 0 aliphatic carbocycles. The van der Waals surface area contributed by atoms with Crippen molar-refractivity contribution in [3.05, 3.63) is 59.6 Å². The number of para-hydroxylation sites is 1. The highest BCUT2D eigenvalue weighted by Gasteiger charge is 2.44. The van der Waals surface area contributed by atoms with Crippen LogP contribution in [0.4, 0.5) is 13.2 Å². The van der Waals surface area contributed by atoms with Crippen molar-refractivity contribution in [3.63, 3.8) is 0 Å². The average molecular weight is 477 g/mol. The number of rotatable bonds is 5. The van der Waals surface area contributed by atoms with Gasteiger partial charge >= 0.3 is 12.1 Å². The number of likely N-dealkylation sites (tertiary alicyclic amines) is 1. The first-order chi connectivity index (χ1) is 16.2. The predicted molar refractivity (Wildman–Crippen MR) is 111 cm³/mol. The van der Waals surface area contributed by atoms with Crippen LogP contribution in [0.2, 0.25) is 0 Å². The highest BCUT2D eigenvalue weighted by Crippen LogP contribution is 2.37. The number of aromatic nitrogens is 4. The van der Waals surface area contributed by atoms with E-state index in [4.69, 9.17) is 9.15 Å². The fourth-order valence-electron chi connectivity index (χ4n) is 3.96. The second kappa shape index (κ2) is 9.27. The summed E-state index contributed by atoms with van der Waals surface area (Å²) in [5.74, 6) is -3.89. The van der Waals surface area contributed by atoms with Crippen LogP contribution in [0.15, 0.2) is 41.1 Å². The summed E-state index contributed by atoms with van der Waals surface area (Å²) in [6, 6.07) is 6.63. The molecule has 1 fully saturated rings. The van der Waals surface area contributed by atoms with Crippen molar-refractivity contribution in [2.75, 3.05) is 13.2 Å². The Labute approximate surface area is 192 Å². The Morgan fingerprint density at radius 1 is 1.18 bits per heavy atom. The molecular formula is C22H22F3N5O4. The van der Waals surface area contributed by atoms with Gasteiger partial charge in [-0.25, -0.2) is 9.78 Å². The first-order valence-electron chi connectivity index (χ1n) is 10.7. The maximum Gasteiger partial charge on any atom is 0.452 e. The maximum atomic E-state index is 13.5. The Morgan fingerprint density at radius 2 is 1.88 bits per heavy atom. The van der Waals surface area contributed by atoms with E-state index in [1.807, 2.05) is 6.92 Å². The average Bonchev–Trinajstić information content (AvgIpc) is 3.49. The molecule has 1 aromatic carbocycles. The van der Waals surface area contributed by atoms with Crippen LogP contribution in [0.5, 0.6) is 0 Å². The fourth-order valence-corrected chi connectivity index (χ4v) is 3.96. The van der Waals surface area contributed by atoms with Gasteiger partial charge in [-0.3, -0.25) is 4.79 Å². The third-order valence-corrected chi connectivity index (χ3v) is 5.63. The second-order valence-electron chi connectivity index (χ2n) is 7.86. The summed E-state index contributed by atoms with van der Waals surface area (Å²) in [5.41, 5.74) is -0.0790. The topological polar surface area (TPSA) is 103 Å². The Bertz CT molecular complexity index is 1180. The summed E-state index contributed by atoms with van der Waals surface area (Å²) in [4.78, 5) is 32.3. The molecule has 0 spiro atoms. The zero-order valence-electron chi connectivity index (χ0n) is 18.5. The molecule has 2 atom stereocenters. The number of hydrogen-bond donors (Lipinski definition) is 0. The summed E-state index contributed by atoms with van der Waals surface area (Å²) >= 11 is 0.